The first kappa shape index (κ1) is 15.5. The van der Waals surface area contributed by atoms with E-state index in [9.17, 15) is 13.9 Å². The molecule has 0 aliphatic rings. The van der Waals surface area contributed by atoms with Crippen molar-refractivity contribution in [2.75, 3.05) is 5.75 Å². The first-order chi connectivity index (χ1) is 9.49. The molecule has 0 bridgehead atoms. The summed E-state index contributed by atoms with van der Waals surface area (Å²) in [6.45, 7) is 1.97. The molecule has 0 aliphatic carbocycles. The Morgan fingerprint density at radius 2 is 2.00 bits per heavy atom. The van der Waals surface area contributed by atoms with Crippen LogP contribution in [0.4, 0.5) is 8.78 Å². The zero-order chi connectivity index (χ0) is 14.7. The predicted molar refractivity (Wildman–Crippen MR) is 80.9 cm³/mol. The summed E-state index contributed by atoms with van der Waals surface area (Å²) >= 11 is 4.36. The second-order valence-electron chi connectivity index (χ2n) is 4.40. The van der Waals surface area contributed by atoms with Crippen LogP contribution in [0.2, 0.25) is 0 Å². The Bertz CT molecular complexity index is 619. The van der Waals surface area contributed by atoms with Gasteiger partial charge in [0.2, 0.25) is 0 Å². The Balaban J connectivity index is 2.13. The lowest BCUT2D eigenvalue weighted by Gasteiger charge is -2.13. The van der Waals surface area contributed by atoms with E-state index < -0.39 is 17.7 Å². The SMILES string of the molecule is Cc1cccc(SCC(O)c2c(F)ccc(Br)c2F)c1. The molecule has 1 unspecified atom stereocenters. The Morgan fingerprint density at radius 3 is 2.70 bits per heavy atom. The minimum atomic E-state index is -1.20. The molecular weight excluding hydrogens is 346 g/mol. The van der Waals surface area contributed by atoms with Crippen molar-refractivity contribution in [3.63, 3.8) is 0 Å². The molecule has 0 aliphatic heterocycles. The Morgan fingerprint density at radius 1 is 1.25 bits per heavy atom. The Hall–Kier alpha value is -0.910. The maximum absolute atomic E-state index is 13.8. The minimum Gasteiger partial charge on any atom is -0.387 e. The van der Waals surface area contributed by atoms with Crippen LogP contribution in [0.15, 0.2) is 45.8 Å². The van der Waals surface area contributed by atoms with Gasteiger partial charge in [0.25, 0.3) is 0 Å². The molecule has 0 spiro atoms. The van der Waals surface area contributed by atoms with Crippen LogP contribution in [0.25, 0.3) is 0 Å². The number of halogens is 3. The number of thioether (sulfide) groups is 1. The van der Waals surface area contributed by atoms with Crippen LogP contribution in [0.5, 0.6) is 0 Å². The molecule has 2 aromatic carbocycles. The molecule has 0 heterocycles. The van der Waals surface area contributed by atoms with Gasteiger partial charge in [-0.15, -0.1) is 11.8 Å². The third-order valence-electron chi connectivity index (χ3n) is 2.81. The fourth-order valence-electron chi connectivity index (χ4n) is 1.81. The first-order valence-electron chi connectivity index (χ1n) is 6.00. The van der Waals surface area contributed by atoms with E-state index in [1.807, 2.05) is 31.2 Å². The van der Waals surface area contributed by atoms with Crippen molar-refractivity contribution in [3.05, 3.63) is 63.6 Å². The summed E-state index contributed by atoms with van der Waals surface area (Å²) in [7, 11) is 0. The molecule has 0 radical (unpaired) electrons. The zero-order valence-electron chi connectivity index (χ0n) is 10.7. The molecule has 5 heteroatoms. The second-order valence-corrected chi connectivity index (χ2v) is 6.35. The maximum Gasteiger partial charge on any atom is 0.146 e. The fourth-order valence-corrected chi connectivity index (χ4v) is 3.12. The van der Waals surface area contributed by atoms with Gasteiger partial charge in [0.05, 0.1) is 16.1 Å². The van der Waals surface area contributed by atoms with Gasteiger partial charge in [0.1, 0.15) is 11.6 Å². The van der Waals surface area contributed by atoms with E-state index >= 15 is 0 Å². The highest BCUT2D eigenvalue weighted by Crippen LogP contribution is 2.30. The molecule has 20 heavy (non-hydrogen) atoms. The average Bonchev–Trinajstić information content (AvgIpc) is 2.41. The van der Waals surface area contributed by atoms with Gasteiger partial charge in [-0.3, -0.25) is 0 Å². The highest BCUT2D eigenvalue weighted by Gasteiger charge is 2.20. The highest BCUT2D eigenvalue weighted by atomic mass is 79.9. The van der Waals surface area contributed by atoms with Crippen molar-refractivity contribution in [1.82, 2.24) is 0 Å². The monoisotopic (exact) mass is 358 g/mol. The number of hydrogen-bond acceptors (Lipinski definition) is 2. The maximum atomic E-state index is 13.8. The molecule has 0 fully saturated rings. The van der Waals surface area contributed by atoms with Gasteiger partial charge in [0, 0.05) is 10.6 Å². The van der Waals surface area contributed by atoms with Gasteiger partial charge < -0.3 is 5.11 Å². The van der Waals surface area contributed by atoms with E-state index in [4.69, 9.17) is 0 Å². The number of aryl methyl sites for hydroxylation is 1. The van der Waals surface area contributed by atoms with E-state index in [-0.39, 0.29) is 15.8 Å². The molecule has 0 saturated carbocycles. The van der Waals surface area contributed by atoms with Crippen molar-refractivity contribution in [2.45, 2.75) is 17.9 Å². The van der Waals surface area contributed by atoms with Crippen LogP contribution in [0.1, 0.15) is 17.2 Å². The van der Waals surface area contributed by atoms with Crippen molar-refractivity contribution < 1.29 is 13.9 Å². The summed E-state index contributed by atoms with van der Waals surface area (Å²) in [6.07, 6.45) is -1.20. The average molecular weight is 359 g/mol. The van der Waals surface area contributed by atoms with Gasteiger partial charge in [0.15, 0.2) is 0 Å². The normalized spacial score (nSPS) is 12.4. The Labute approximate surface area is 129 Å². The quantitative estimate of drug-likeness (QED) is 0.621. The standard InChI is InChI=1S/C15H13BrF2OS/c1-9-3-2-4-10(7-9)20-8-13(19)14-12(17)6-5-11(16)15(14)18/h2-7,13,19H,8H2,1H3. The third kappa shape index (κ3) is 3.59. The van der Waals surface area contributed by atoms with Gasteiger partial charge in [-0.2, -0.15) is 0 Å². The van der Waals surface area contributed by atoms with E-state index in [0.717, 1.165) is 16.5 Å². The predicted octanol–water partition coefficient (Wildman–Crippen LogP) is 4.86. The molecule has 0 amide bonds. The van der Waals surface area contributed by atoms with Crippen molar-refractivity contribution in [1.29, 1.82) is 0 Å². The topological polar surface area (TPSA) is 20.2 Å². The molecular formula is C15H13BrF2OS. The molecule has 2 rings (SSSR count). The lowest BCUT2D eigenvalue weighted by Crippen LogP contribution is -2.07. The van der Waals surface area contributed by atoms with Crippen LogP contribution in [-0.2, 0) is 0 Å². The van der Waals surface area contributed by atoms with E-state index in [1.165, 1.54) is 17.8 Å². The summed E-state index contributed by atoms with van der Waals surface area (Å²) in [4.78, 5) is 0.958. The summed E-state index contributed by atoms with van der Waals surface area (Å²) in [5.74, 6) is -1.29. The number of benzene rings is 2. The lowest BCUT2D eigenvalue weighted by molar-refractivity contribution is 0.193. The number of aliphatic hydroxyl groups is 1. The third-order valence-corrected chi connectivity index (χ3v) is 4.49. The van der Waals surface area contributed by atoms with Gasteiger partial charge in [-0.25, -0.2) is 8.78 Å². The summed E-state index contributed by atoms with van der Waals surface area (Å²) in [5.41, 5.74) is 0.809. The zero-order valence-corrected chi connectivity index (χ0v) is 13.1. The molecule has 0 saturated heterocycles. The molecule has 1 atom stereocenters. The van der Waals surface area contributed by atoms with Crippen LogP contribution in [-0.4, -0.2) is 10.9 Å². The largest absolute Gasteiger partial charge is 0.387 e. The second kappa shape index (κ2) is 6.70. The van der Waals surface area contributed by atoms with Gasteiger partial charge >= 0.3 is 0 Å². The lowest BCUT2D eigenvalue weighted by atomic mass is 10.1. The molecule has 1 nitrogen and oxygen atoms in total. The number of hydrogen-bond donors (Lipinski definition) is 1. The van der Waals surface area contributed by atoms with E-state index in [0.29, 0.717) is 0 Å². The van der Waals surface area contributed by atoms with Crippen molar-refractivity contribution >= 4 is 27.7 Å². The van der Waals surface area contributed by atoms with Crippen LogP contribution in [0.3, 0.4) is 0 Å². The summed E-state index contributed by atoms with van der Waals surface area (Å²) in [5, 5.41) is 10.0. The van der Waals surface area contributed by atoms with Crippen molar-refractivity contribution in [2.24, 2.45) is 0 Å². The van der Waals surface area contributed by atoms with Crippen LogP contribution < -0.4 is 0 Å². The van der Waals surface area contributed by atoms with Crippen LogP contribution >= 0.6 is 27.7 Å². The van der Waals surface area contributed by atoms with Gasteiger partial charge in [-0.1, -0.05) is 17.7 Å². The first-order valence-corrected chi connectivity index (χ1v) is 7.78. The smallest absolute Gasteiger partial charge is 0.146 e. The van der Waals surface area contributed by atoms with Crippen molar-refractivity contribution in [3.8, 4) is 0 Å². The van der Waals surface area contributed by atoms with E-state index in [2.05, 4.69) is 15.9 Å². The molecule has 2 aromatic rings. The molecule has 0 aromatic heterocycles. The number of rotatable bonds is 4. The minimum absolute atomic E-state index is 0.147. The van der Waals surface area contributed by atoms with Crippen LogP contribution in [0, 0.1) is 18.6 Å². The number of aliphatic hydroxyl groups excluding tert-OH is 1. The summed E-state index contributed by atoms with van der Waals surface area (Å²) in [6, 6.07) is 10.2. The summed E-state index contributed by atoms with van der Waals surface area (Å²) < 4.78 is 27.6. The fraction of sp³-hybridized carbons (Fsp3) is 0.200. The molecule has 106 valence electrons. The van der Waals surface area contributed by atoms with E-state index in [1.54, 1.807) is 0 Å². The highest BCUT2D eigenvalue weighted by molar-refractivity contribution is 9.10. The molecule has 1 N–H and O–H groups in total. The Kier molecular flexibility index (Phi) is 5.18. The van der Waals surface area contributed by atoms with Gasteiger partial charge in [-0.05, 0) is 47.1 Å².